The van der Waals surface area contributed by atoms with Crippen molar-refractivity contribution in [2.24, 2.45) is 0 Å². The Kier molecular flexibility index (Phi) is 7.40. The van der Waals surface area contributed by atoms with Crippen LogP contribution in [0.2, 0.25) is 0 Å². The summed E-state index contributed by atoms with van der Waals surface area (Å²) in [6.45, 7) is 20.3. The maximum Gasteiger partial charge on any atom is 0.494 e. The van der Waals surface area contributed by atoms with Crippen molar-refractivity contribution in [3.8, 4) is 0 Å². The van der Waals surface area contributed by atoms with Crippen molar-refractivity contribution in [3.05, 3.63) is 41.2 Å². The molecule has 0 unspecified atom stereocenters. The van der Waals surface area contributed by atoms with Crippen LogP contribution in [0.1, 0.15) is 103 Å². The third-order valence-electron chi connectivity index (χ3n) is 7.49. The van der Waals surface area contributed by atoms with Crippen LogP contribution in [-0.2, 0) is 26.1 Å². The molecule has 2 amide bonds. The molecule has 1 saturated heterocycles. The van der Waals surface area contributed by atoms with Crippen molar-refractivity contribution in [1.29, 1.82) is 0 Å². The zero-order valence-electron chi connectivity index (χ0n) is 24.9. The minimum Gasteiger partial charge on any atom is -0.444 e. The summed E-state index contributed by atoms with van der Waals surface area (Å²) in [4.78, 5) is 28.0. The Labute approximate surface area is 231 Å². The van der Waals surface area contributed by atoms with Crippen molar-refractivity contribution in [2.45, 2.75) is 111 Å². The Hall–Kier alpha value is -2.92. The number of rotatable bonds is 3. The fourth-order valence-corrected chi connectivity index (χ4v) is 4.51. The Balaban J connectivity index is 1.64. The smallest absolute Gasteiger partial charge is 0.444 e. The van der Waals surface area contributed by atoms with Gasteiger partial charge in [0.2, 0.25) is 0 Å². The summed E-state index contributed by atoms with van der Waals surface area (Å²) in [5.41, 5.74) is 1.06. The molecule has 11 heteroatoms. The third kappa shape index (κ3) is 6.30. The topological polar surface area (TPSA) is 108 Å². The molecule has 2 aliphatic heterocycles. The van der Waals surface area contributed by atoms with Gasteiger partial charge in [-0.2, -0.15) is 0 Å². The van der Waals surface area contributed by atoms with Crippen molar-refractivity contribution < 1.29 is 23.6 Å². The van der Waals surface area contributed by atoms with Gasteiger partial charge in [-0.3, -0.25) is 4.79 Å². The molecule has 1 fully saturated rings. The molecule has 212 valence electrons. The van der Waals surface area contributed by atoms with E-state index in [1.807, 2.05) is 87.4 Å². The van der Waals surface area contributed by atoms with Crippen molar-refractivity contribution in [3.63, 3.8) is 0 Å². The number of hydrogen-bond acceptors (Lipinski definition) is 7. The van der Waals surface area contributed by atoms with Gasteiger partial charge in [0.05, 0.1) is 29.0 Å². The van der Waals surface area contributed by atoms with Crippen LogP contribution in [0, 0.1) is 0 Å². The molecule has 39 heavy (non-hydrogen) atoms. The lowest BCUT2D eigenvalue weighted by Gasteiger charge is -2.32. The number of fused-ring (bicyclic) bond motifs is 1. The minimum absolute atomic E-state index is 0.244. The van der Waals surface area contributed by atoms with E-state index in [2.05, 4.69) is 15.6 Å². The Morgan fingerprint density at radius 3 is 2.28 bits per heavy atom. The molecule has 1 N–H and O–H groups in total. The first kappa shape index (κ1) is 29.1. The lowest BCUT2D eigenvalue weighted by Crippen LogP contribution is -2.41. The highest BCUT2D eigenvalue weighted by Gasteiger charge is 2.51. The molecule has 0 saturated carbocycles. The second-order valence-corrected chi connectivity index (χ2v) is 13.5. The molecule has 2 aliphatic rings. The predicted octanol–water partition coefficient (Wildman–Crippen LogP) is 3.94. The second kappa shape index (κ2) is 9.93. The maximum absolute atomic E-state index is 13.2. The first-order valence-electron chi connectivity index (χ1n) is 13.6. The lowest BCUT2D eigenvalue weighted by molar-refractivity contribution is 0.00578. The van der Waals surface area contributed by atoms with Crippen LogP contribution in [-0.4, -0.2) is 62.4 Å². The van der Waals surface area contributed by atoms with Gasteiger partial charge in [-0.1, -0.05) is 23.4 Å². The molecule has 10 nitrogen and oxygen atoms in total. The highest BCUT2D eigenvalue weighted by atomic mass is 16.7. The van der Waals surface area contributed by atoms with E-state index in [0.717, 1.165) is 16.6 Å². The van der Waals surface area contributed by atoms with Gasteiger partial charge in [-0.15, -0.1) is 5.10 Å². The van der Waals surface area contributed by atoms with Gasteiger partial charge < -0.3 is 24.3 Å². The fraction of sp³-hybridized carbons (Fsp3) is 0.643. The van der Waals surface area contributed by atoms with Gasteiger partial charge in [0, 0.05) is 13.1 Å². The summed E-state index contributed by atoms with van der Waals surface area (Å²) in [5.74, 6) is -0.317. The number of nitrogens with zero attached hydrogens (tertiary/aromatic N) is 4. The largest absolute Gasteiger partial charge is 0.494 e. The standard InChI is InChI=1S/C28H42BN5O5/c1-25(2,3)34-17-22(31-32-34)23(35)30-21-13-14-33(24(36)37-26(4,5)6)16-18-15-19(11-12-20(18)21)29-38-27(7,8)28(9,10)39-29/h11-12,15,17,21H,13-14,16H2,1-10H3,(H,30,35)/t21-/m1/s1. The van der Waals surface area contributed by atoms with E-state index in [1.165, 1.54) is 0 Å². The fourth-order valence-electron chi connectivity index (χ4n) is 4.51. The second-order valence-electron chi connectivity index (χ2n) is 13.5. The van der Waals surface area contributed by atoms with Gasteiger partial charge in [-0.25, -0.2) is 9.48 Å². The number of ether oxygens (including phenoxy) is 1. The van der Waals surface area contributed by atoms with Gasteiger partial charge >= 0.3 is 13.2 Å². The van der Waals surface area contributed by atoms with E-state index in [1.54, 1.807) is 15.8 Å². The molecule has 1 aromatic carbocycles. The van der Waals surface area contributed by atoms with E-state index in [9.17, 15) is 9.59 Å². The molecule has 0 bridgehead atoms. The zero-order chi connectivity index (χ0) is 29.0. The Morgan fingerprint density at radius 2 is 1.72 bits per heavy atom. The highest BCUT2D eigenvalue weighted by molar-refractivity contribution is 6.62. The van der Waals surface area contributed by atoms with Gasteiger partial charge in [0.15, 0.2) is 5.69 Å². The number of hydrogen-bond donors (Lipinski definition) is 1. The molecule has 1 atom stereocenters. The van der Waals surface area contributed by atoms with Crippen LogP contribution in [0.3, 0.4) is 0 Å². The van der Waals surface area contributed by atoms with Gasteiger partial charge in [0.25, 0.3) is 5.91 Å². The number of carbonyl (C=O) groups is 2. The monoisotopic (exact) mass is 539 g/mol. The van der Waals surface area contributed by atoms with E-state index in [4.69, 9.17) is 14.0 Å². The predicted molar refractivity (Wildman–Crippen MR) is 149 cm³/mol. The van der Waals surface area contributed by atoms with Crippen molar-refractivity contribution >= 4 is 24.6 Å². The molecule has 1 aromatic heterocycles. The number of nitrogens with one attached hydrogen (secondary N) is 1. The number of benzene rings is 1. The molecule has 0 aliphatic carbocycles. The maximum atomic E-state index is 13.2. The van der Waals surface area contributed by atoms with E-state index < -0.39 is 30.0 Å². The minimum atomic E-state index is -0.622. The van der Waals surface area contributed by atoms with E-state index in [-0.39, 0.29) is 23.2 Å². The molecule has 0 radical (unpaired) electrons. The van der Waals surface area contributed by atoms with Crippen LogP contribution >= 0.6 is 0 Å². The number of aromatic nitrogens is 3. The molecule has 2 aromatic rings. The summed E-state index contributed by atoms with van der Waals surface area (Å²) in [6, 6.07) is 5.63. The summed E-state index contributed by atoms with van der Waals surface area (Å²) in [6.07, 6.45) is 1.78. The average molecular weight is 539 g/mol. The third-order valence-corrected chi connectivity index (χ3v) is 7.49. The summed E-state index contributed by atoms with van der Waals surface area (Å²) in [7, 11) is -0.543. The van der Waals surface area contributed by atoms with Gasteiger partial charge in [0.1, 0.15) is 5.60 Å². The number of amides is 2. The molecule has 0 spiro atoms. The van der Waals surface area contributed by atoms with Crippen LogP contribution in [0.5, 0.6) is 0 Å². The summed E-state index contributed by atoms with van der Waals surface area (Å²) >= 11 is 0. The summed E-state index contributed by atoms with van der Waals surface area (Å²) in [5, 5.41) is 11.3. The SMILES string of the molecule is CC(C)(C)OC(=O)N1CC[C@@H](NC(=O)c2cn(C(C)(C)C)nn2)c2ccc(B3OC(C)(C)C(C)(C)O3)cc2C1. The molecular formula is C28H42BN5O5. The average Bonchev–Trinajstić information content (AvgIpc) is 3.31. The lowest BCUT2D eigenvalue weighted by atomic mass is 9.77. The number of carbonyl (C=O) groups excluding carboxylic acids is 2. The summed E-state index contributed by atoms with van der Waals surface area (Å²) < 4.78 is 19.9. The quantitative estimate of drug-likeness (QED) is 0.589. The van der Waals surface area contributed by atoms with E-state index in [0.29, 0.717) is 19.5 Å². The van der Waals surface area contributed by atoms with Crippen LogP contribution in [0.15, 0.2) is 24.4 Å². The molecule has 3 heterocycles. The van der Waals surface area contributed by atoms with Crippen LogP contribution in [0.25, 0.3) is 0 Å². The van der Waals surface area contributed by atoms with Crippen molar-refractivity contribution in [1.82, 2.24) is 25.2 Å². The van der Waals surface area contributed by atoms with E-state index >= 15 is 0 Å². The highest BCUT2D eigenvalue weighted by Crippen LogP contribution is 2.37. The normalized spacial score (nSPS) is 20.8. The first-order valence-corrected chi connectivity index (χ1v) is 13.6. The Morgan fingerprint density at radius 1 is 1.08 bits per heavy atom. The van der Waals surface area contributed by atoms with Gasteiger partial charge in [-0.05, 0) is 92.2 Å². The van der Waals surface area contributed by atoms with Crippen LogP contribution in [0.4, 0.5) is 4.79 Å². The molecular weight excluding hydrogens is 497 g/mol. The molecule has 4 rings (SSSR count). The zero-order valence-corrected chi connectivity index (χ0v) is 24.9. The first-order chi connectivity index (χ1) is 17.9. The Bertz CT molecular complexity index is 1230. The van der Waals surface area contributed by atoms with Crippen molar-refractivity contribution in [2.75, 3.05) is 6.54 Å². The van der Waals surface area contributed by atoms with Crippen LogP contribution < -0.4 is 10.8 Å².